The van der Waals surface area contributed by atoms with Crippen molar-refractivity contribution in [2.45, 2.75) is 39.3 Å². The zero-order valence-corrected chi connectivity index (χ0v) is 15.8. The summed E-state index contributed by atoms with van der Waals surface area (Å²) in [6, 6.07) is 17.7. The van der Waals surface area contributed by atoms with E-state index in [9.17, 15) is 4.79 Å². The number of hydrogen-bond acceptors (Lipinski definition) is 3. The highest BCUT2D eigenvalue weighted by molar-refractivity contribution is 5.95. The first-order valence-corrected chi connectivity index (χ1v) is 8.49. The fourth-order valence-electron chi connectivity index (χ4n) is 2.46. The number of hydrogen-bond donors (Lipinski definition) is 3. The molecule has 3 unspecified atom stereocenters. The lowest BCUT2D eigenvalue weighted by Crippen LogP contribution is -2.40. The SMILES string of the molecule is CCC(C)C(N)C(=O)Nc1ccc(NC(C)c2ccccc2)cc1.Cl. The average molecular weight is 362 g/mol. The maximum atomic E-state index is 12.1. The zero-order chi connectivity index (χ0) is 17.5. The van der Waals surface area contributed by atoms with Crippen LogP contribution in [0.5, 0.6) is 0 Å². The number of amides is 1. The van der Waals surface area contributed by atoms with E-state index in [-0.39, 0.29) is 30.3 Å². The Balaban J connectivity index is 0.00000312. The van der Waals surface area contributed by atoms with E-state index in [1.165, 1.54) is 5.56 Å². The van der Waals surface area contributed by atoms with E-state index in [0.717, 1.165) is 17.8 Å². The molecule has 2 aromatic carbocycles. The molecule has 0 heterocycles. The molecule has 0 aromatic heterocycles. The third-order valence-corrected chi connectivity index (χ3v) is 4.39. The maximum Gasteiger partial charge on any atom is 0.241 e. The summed E-state index contributed by atoms with van der Waals surface area (Å²) in [6.45, 7) is 6.14. The smallest absolute Gasteiger partial charge is 0.241 e. The van der Waals surface area contributed by atoms with E-state index >= 15 is 0 Å². The van der Waals surface area contributed by atoms with Gasteiger partial charge in [-0.25, -0.2) is 0 Å². The number of rotatable bonds is 7. The van der Waals surface area contributed by atoms with Gasteiger partial charge in [0.05, 0.1) is 6.04 Å². The summed E-state index contributed by atoms with van der Waals surface area (Å²) in [5, 5.41) is 6.33. The number of nitrogens with two attached hydrogens (primary N) is 1. The van der Waals surface area contributed by atoms with Gasteiger partial charge in [-0.05, 0) is 42.7 Å². The second-order valence-corrected chi connectivity index (χ2v) is 6.25. The summed E-state index contributed by atoms with van der Waals surface area (Å²) < 4.78 is 0. The molecule has 3 atom stereocenters. The topological polar surface area (TPSA) is 67.2 Å². The first-order chi connectivity index (χ1) is 11.5. The van der Waals surface area contributed by atoms with Gasteiger partial charge in [0.2, 0.25) is 5.91 Å². The monoisotopic (exact) mass is 361 g/mol. The first-order valence-electron chi connectivity index (χ1n) is 8.49. The number of halogens is 1. The summed E-state index contributed by atoms with van der Waals surface area (Å²) in [5.74, 6) is 0.0281. The Morgan fingerprint density at radius 1 is 1.00 bits per heavy atom. The predicted molar refractivity (Wildman–Crippen MR) is 108 cm³/mol. The van der Waals surface area contributed by atoms with Crippen molar-refractivity contribution in [2.75, 3.05) is 10.6 Å². The van der Waals surface area contributed by atoms with E-state index in [1.54, 1.807) is 0 Å². The van der Waals surface area contributed by atoms with E-state index < -0.39 is 6.04 Å². The van der Waals surface area contributed by atoms with Gasteiger partial charge in [0.25, 0.3) is 0 Å². The van der Waals surface area contributed by atoms with Gasteiger partial charge in [0, 0.05) is 17.4 Å². The van der Waals surface area contributed by atoms with Crippen molar-refractivity contribution in [3.05, 3.63) is 60.2 Å². The summed E-state index contributed by atoms with van der Waals surface area (Å²) in [7, 11) is 0. The summed E-state index contributed by atoms with van der Waals surface area (Å²) in [4.78, 5) is 12.1. The average Bonchev–Trinajstić information content (AvgIpc) is 2.62. The molecule has 5 heteroatoms. The molecule has 0 aliphatic heterocycles. The predicted octanol–water partition coefficient (Wildman–Crippen LogP) is 4.59. The van der Waals surface area contributed by atoms with E-state index in [4.69, 9.17) is 5.73 Å². The minimum absolute atomic E-state index is 0. The van der Waals surface area contributed by atoms with Crippen molar-refractivity contribution in [1.29, 1.82) is 0 Å². The Morgan fingerprint density at radius 2 is 1.56 bits per heavy atom. The Morgan fingerprint density at radius 3 is 2.12 bits per heavy atom. The number of carbonyl (C=O) groups is 1. The fourth-order valence-corrected chi connectivity index (χ4v) is 2.46. The van der Waals surface area contributed by atoms with Crippen molar-refractivity contribution >= 4 is 29.7 Å². The quantitative estimate of drug-likeness (QED) is 0.675. The molecule has 4 N–H and O–H groups in total. The Labute approximate surface area is 156 Å². The highest BCUT2D eigenvalue weighted by Gasteiger charge is 2.19. The van der Waals surface area contributed by atoms with Crippen LogP contribution in [0.4, 0.5) is 11.4 Å². The molecule has 2 rings (SSSR count). The van der Waals surface area contributed by atoms with Crippen LogP contribution in [0.15, 0.2) is 54.6 Å². The van der Waals surface area contributed by atoms with Crippen molar-refractivity contribution < 1.29 is 4.79 Å². The third-order valence-electron chi connectivity index (χ3n) is 4.39. The minimum Gasteiger partial charge on any atom is -0.379 e. The van der Waals surface area contributed by atoms with Crippen LogP contribution in [0.1, 0.15) is 38.8 Å². The molecular formula is C20H28ClN3O. The number of nitrogens with one attached hydrogen (secondary N) is 2. The minimum atomic E-state index is -0.481. The van der Waals surface area contributed by atoms with Gasteiger partial charge in [-0.15, -0.1) is 12.4 Å². The maximum absolute atomic E-state index is 12.1. The second kappa shape index (κ2) is 10.1. The molecule has 0 bridgehead atoms. The Hall–Kier alpha value is -2.04. The lowest BCUT2D eigenvalue weighted by molar-refractivity contribution is -0.118. The van der Waals surface area contributed by atoms with Crippen LogP contribution in [0.25, 0.3) is 0 Å². The van der Waals surface area contributed by atoms with Gasteiger partial charge in [-0.3, -0.25) is 4.79 Å². The van der Waals surface area contributed by atoms with Gasteiger partial charge < -0.3 is 16.4 Å². The molecule has 0 aliphatic rings. The highest BCUT2D eigenvalue weighted by Crippen LogP contribution is 2.21. The lowest BCUT2D eigenvalue weighted by Gasteiger charge is -2.18. The standard InChI is InChI=1S/C20H27N3O.ClH/c1-4-14(2)19(21)20(24)23-18-12-10-17(11-13-18)22-15(3)16-8-6-5-7-9-16;/h5-15,19,22H,4,21H2,1-3H3,(H,23,24);1H. The van der Waals surface area contributed by atoms with Crippen LogP contribution in [0.2, 0.25) is 0 Å². The summed E-state index contributed by atoms with van der Waals surface area (Å²) in [6.07, 6.45) is 0.884. The second-order valence-electron chi connectivity index (χ2n) is 6.25. The summed E-state index contributed by atoms with van der Waals surface area (Å²) >= 11 is 0. The molecule has 0 aliphatic carbocycles. The largest absolute Gasteiger partial charge is 0.379 e. The molecule has 2 aromatic rings. The Kier molecular flexibility index (Phi) is 8.46. The molecule has 0 radical (unpaired) electrons. The van der Waals surface area contributed by atoms with Crippen LogP contribution < -0.4 is 16.4 Å². The van der Waals surface area contributed by atoms with Gasteiger partial charge >= 0.3 is 0 Å². The van der Waals surface area contributed by atoms with Crippen molar-refractivity contribution in [3.63, 3.8) is 0 Å². The molecule has 136 valence electrons. The molecule has 0 saturated carbocycles. The highest BCUT2D eigenvalue weighted by atomic mass is 35.5. The molecule has 1 amide bonds. The van der Waals surface area contributed by atoms with Crippen LogP contribution >= 0.6 is 12.4 Å². The normalized spacial score (nSPS) is 13.9. The first kappa shape index (κ1) is 21.0. The van der Waals surface area contributed by atoms with E-state index in [1.807, 2.05) is 56.3 Å². The third kappa shape index (κ3) is 6.07. The van der Waals surface area contributed by atoms with Crippen molar-refractivity contribution in [2.24, 2.45) is 11.7 Å². The Bertz CT molecular complexity index is 646. The molecular weight excluding hydrogens is 334 g/mol. The van der Waals surface area contributed by atoms with Crippen molar-refractivity contribution in [3.8, 4) is 0 Å². The van der Waals surface area contributed by atoms with Gasteiger partial charge in [-0.1, -0.05) is 50.6 Å². The van der Waals surface area contributed by atoms with Gasteiger partial charge in [-0.2, -0.15) is 0 Å². The lowest BCUT2D eigenvalue weighted by atomic mass is 9.99. The number of anilines is 2. The van der Waals surface area contributed by atoms with Crippen molar-refractivity contribution in [1.82, 2.24) is 0 Å². The van der Waals surface area contributed by atoms with Crippen LogP contribution in [-0.2, 0) is 4.79 Å². The van der Waals surface area contributed by atoms with Crippen LogP contribution in [0.3, 0.4) is 0 Å². The van der Waals surface area contributed by atoms with E-state index in [2.05, 4.69) is 29.7 Å². The molecule has 4 nitrogen and oxygen atoms in total. The molecule has 0 fully saturated rings. The van der Waals surface area contributed by atoms with Gasteiger partial charge in [0.15, 0.2) is 0 Å². The summed E-state index contributed by atoms with van der Waals surface area (Å²) in [5.41, 5.74) is 8.96. The van der Waals surface area contributed by atoms with Crippen LogP contribution in [-0.4, -0.2) is 11.9 Å². The fraction of sp³-hybridized carbons (Fsp3) is 0.350. The number of benzene rings is 2. The van der Waals surface area contributed by atoms with E-state index in [0.29, 0.717) is 0 Å². The zero-order valence-electron chi connectivity index (χ0n) is 15.0. The van der Waals surface area contributed by atoms with Gasteiger partial charge in [0.1, 0.15) is 0 Å². The molecule has 25 heavy (non-hydrogen) atoms. The molecule has 0 saturated heterocycles. The molecule has 0 spiro atoms. The number of carbonyl (C=O) groups excluding carboxylic acids is 1. The van der Waals surface area contributed by atoms with Crippen LogP contribution in [0, 0.1) is 5.92 Å².